The van der Waals surface area contributed by atoms with E-state index in [2.05, 4.69) is 41.4 Å². The van der Waals surface area contributed by atoms with Gasteiger partial charge in [0.15, 0.2) is 0 Å². The second-order valence-corrected chi connectivity index (χ2v) is 8.53. The number of carbonyl (C=O) groups is 2. The van der Waals surface area contributed by atoms with Gasteiger partial charge in [-0.15, -0.1) is 5.10 Å². The van der Waals surface area contributed by atoms with E-state index < -0.39 is 0 Å². The van der Waals surface area contributed by atoms with Crippen molar-refractivity contribution in [2.75, 3.05) is 17.2 Å². The summed E-state index contributed by atoms with van der Waals surface area (Å²) < 4.78 is 1.48. The number of allylic oxidation sites excluding steroid dienone is 1. The molecule has 0 unspecified atom stereocenters. The van der Waals surface area contributed by atoms with Crippen molar-refractivity contribution in [3.8, 4) is 16.9 Å². The third-order valence-electron chi connectivity index (χ3n) is 5.56. The van der Waals surface area contributed by atoms with Gasteiger partial charge in [-0.05, 0) is 53.3 Å². The fourth-order valence-electron chi connectivity index (χ4n) is 3.89. The number of urea groups is 1. The van der Waals surface area contributed by atoms with E-state index in [1.54, 1.807) is 48.7 Å². The summed E-state index contributed by atoms with van der Waals surface area (Å²) in [5.41, 5.74) is 3.62. The maximum atomic E-state index is 13.0. The molecule has 11 nitrogen and oxygen atoms in total. The predicted octanol–water partition coefficient (Wildman–Crippen LogP) is 3.98. The minimum Gasteiger partial charge on any atom is -0.342 e. The molecule has 0 aliphatic carbocycles. The lowest BCUT2D eigenvalue weighted by Gasteiger charge is -2.15. The van der Waals surface area contributed by atoms with E-state index in [0.29, 0.717) is 51.9 Å². The van der Waals surface area contributed by atoms with Gasteiger partial charge in [0.1, 0.15) is 12.2 Å². The number of fused-ring (bicyclic) bond motifs is 4. The average Bonchev–Trinajstić information content (AvgIpc) is 3.58. The maximum absolute atomic E-state index is 13.0. The van der Waals surface area contributed by atoms with Gasteiger partial charge in [-0.2, -0.15) is 4.68 Å². The Morgan fingerprint density at radius 3 is 2.97 bits per heavy atom. The number of aromatic nitrogens is 6. The molecule has 2 aromatic carbocycles. The number of H-pyrrole nitrogens is 1. The van der Waals surface area contributed by atoms with E-state index in [0.717, 1.165) is 12.2 Å². The van der Waals surface area contributed by atoms with Crippen molar-refractivity contribution in [2.24, 2.45) is 0 Å². The number of rotatable bonds is 4. The van der Waals surface area contributed by atoms with Crippen LogP contribution in [-0.2, 0) is 11.2 Å². The molecule has 0 spiro atoms. The summed E-state index contributed by atoms with van der Waals surface area (Å²) in [6.07, 6.45) is 11.6. The Bertz CT molecular complexity index is 1490. The van der Waals surface area contributed by atoms with Crippen LogP contribution in [0, 0.1) is 0 Å². The van der Waals surface area contributed by atoms with Gasteiger partial charge in [0.25, 0.3) is 0 Å². The number of benzene rings is 2. The molecule has 4 N–H and O–H groups in total. The van der Waals surface area contributed by atoms with Gasteiger partial charge in [0.05, 0.1) is 29.0 Å². The molecule has 3 amide bonds. The van der Waals surface area contributed by atoms with Crippen molar-refractivity contribution in [3.05, 3.63) is 83.6 Å². The lowest BCUT2D eigenvalue weighted by atomic mass is 10.1. The molecule has 3 heterocycles. The molecule has 37 heavy (non-hydrogen) atoms. The van der Waals surface area contributed by atoms with E-state index in [4.69, 9.17) is 11.6 Å². The summed E-state index contributed by atoms with van der Waals surface area (Å²) in [6.45, 7) is 0.404. The van der Waals surface area contributed by atoms with Crippen molar-refractivity contribution < 1.29 is 9.59 Å². The van der Waals surface area contributed by atoms with Crippen LogP contribution in [0.25, 0.3) is 23.0 Å². The van der Waals surface area contributed by atoms with Gasteiger partial charge in [0, 0.05) is 35.2 Å². The third-order valence-corrected chi connectivity index (χ3v) is 5.80. The van der Waals surface area contributed by atoms with Gasteiger partial charge >= 0.3 is 6.03 Å². The van der Waals surface area contributed by atoms with E-state index in [9.17, 15) is 9.59 Å². The van der Waals surface area contributed by atoms with Crippen LogP contribution >= 0.6 is 11.6 Å². The fourth-order valence-corrected chi connectivity index (χ4v) is 4.07. The first-order valence-electron chi connectivity index (χ1n) is 11.5. The predicted molar refractivity (Wildman–Crippen MR) is 140 cm³/mol. The molecule has 0 atom stereocenters. The molecule has 1 aliphatic rings. The normalized spacial score (nSPS) is 13.6. The first kappa shape index (κ1) is 23.9. The zero-order chi connectivity index (χ0) is 25.6. The van der Waals surface area contributed by atoms with Crippen LogP contribution in [0.4, 0.5) is 16.2 Å². The van der Waals surface area contributed by atoms with Crippen molar-refractivity contribution in [3.63, 3.8) is 0 Å². The molecule has 12 heteroatoms. The number of nitrogens with zero attached hydrogens (tertiary/aromatic N) is 5. The molecule has 4 aromatic rings. The van der Waals surface area contributed by atoms with Gasteiger partial charge in [-0.25, -0.2) is 9.78 Å². The summed E-state index contributed by atoms with van der Waals surface area (Å²) in [4.78, 5) is 33.2. The van der Waals surface area contributed by atoms with E-state index >= 15 is 0 Å². The molecule has 0 radical (unpaired) electrons. The van der Waals surface area contributed by atoms with Crippen LogP contribution in [0.15, 0.2) is 67.2 Å². The molecule has 0 fully saturated rings. The Morgan fingerprint density at radius 1 is 1.19 bits per heavy atom. The van der Waals surface area contributed by atoms with Gasteiger partial charge in [0.2, 0.25) is 5.91 Å². The molecule has 5 rings (SSSR count). The third kappa shape index (κ3) is 5.73. The minimum atomic E-state index is -0.382. The van der Waals surface area contributed by atoms with Crippen LogP contribution in [0.3, 0.4) is 0 Å². The Hall–Kier alpha value is -4.77. The Kier molecular flexibility index (Phi) is 7.04. The first-order valence-corrected chi connectivity index (χ1v) is 11.8. The largest absolute Gasteiger partial charge is 0.342 e. The number of aryl methyl sites for hydroxylation is 1. The average molecular weight is 516 g/mol. The second-order valence-electron chi connectivity index (χ2n) is 8.10. The molecule has 0 saturated carbocycles. The highest BCUT2D eigenvalue weighted by Gasteiger charge is 2.17. The first-order chi connectivity index (χ1) is 18.1. The molecule has 0 saturated heterocycles. The Labute approximate surface area is 216 Å². The fraction of sp³-hybridized carbons (Fsp3) is 0.120. The zero-order valence-corrected chi connectivity index (χ0v) is 20.2. The highest BCUT2D eigenvalue weighted by molar-refractivity contribution is 6.30. The minimum absolute atomic E-state index is 0.357. The second kappa shape index (κ2) is 10.9. The van der Waals surface area contributed by atoms with Crippen LogP contribution in [0.1, 0.15) is 17.8 Å². The summed E-state index contributed by atoms with van der Waals surface area (Å²) in [5, 5.41) is 20.3. The van der Waals surface area contributed by atoms with Crippen LogP contribution in [0.2, 0.25) is 5.02 Å². The zero-order valence-electron chi connectivity index (χ0n) is 19.5. The van der Waals surface area contributed by atoms with Crippen molar-refractivity contribution in [1.29, 1.82) is 0 Å². The number of amides is 3. The smallest absolute Gasteiger partial charge is 0.319 e. The topological polar surface area (TPSA) is 143 Å². The number of hydrogen-bond donors (Lipinski definition) is 4. The molecule has 186 valence electrons. The van der Waals surface area contributed by atoms with E-state index in [1.807, 2.05) is 12.2 Å². The highest BCUT2D eigenvalue weighted by Crippen LogP contribution is 2.34. The Balaban J connectivity index is 1.45. The molecular weight excluding hydrogens is 494 g/mol. The quantitative estimate of drug-likeness (QED) is 0.239. The summed E-state index contributed by atoms with van der Waals surface area (Å²) >= 11 is 6.17. The van der Waals surface area contributed by atoms with Crippen molar-refractivity contribution in [1.82, 2.24) is 35.5 Å². The number of nitrogens with one attached hydrogen (secondary N) is 4. The van der Waals surface area contributed by atoms with Gasteiger partial charge in [-0.3, -0.25) is 4.79 Å². The summed E-state index contributed by atoms with van der Waals surface area (Å²) in [7, 11) is 0. The monoisotopic (exact) mass is 515 g/mol. The van der Waals surface area contributed by atoms with Crippen molar-refractivity contribution >= 4 is 41.0 Å². The molecule has 2 bridgehead atoms. The summed E-state index contributed by atoms with van der Waals surface area (Å²) in [5.74, 6) is 0.425. The number of tetrazole rings is 1. The van der Waals surface area contributed by atoms with E-state index in [1.165, 1.54) is 17.1 Å². The Morgan fingerprint density at radius 2 is 2.11 bits per heavy atom. The number of carbonyl (C=O) groups excluding carboxylic acids is 2. The summed E-state index contributed by atoms with van der Waals surface area (Å²) in [6, 6.07) is 10.1. The molecule has 1 aliphatic heterocycles. The number of aromatic amines is 1. The SMILES string of the molecule is O=C(C=Cc1cc(Cl)ccc1-n1cnnn1)Nc1cccc2c1-c1cnc([nH]1)CCC=CCNC(=O)N2. The van der Waals surface area contributed by atoms with Crippen LogP contribution in [-0.4, -0.2) is 48.7 Å². The van der Waals surface area contributed by atoms with Crippen molar-refractivity contribution in [2.45, 2.75) is 12.8 Å². The number of anilines is 2. The van der Waals surface area contributed by atoms with Crippen LogP contribution in [0.5, 0.6) is 0 Å². The number of halogens is 1. The lowest BCUT2D eigenvalue weighted by Crippen LogP contribution is -2.29. The number of hydrogen-bond acceptors (Lipinski definition) is 6. The number of imidazole rings is 1. The molecular formula is C25H22ClN9O2. The van der Waals surface area contributed by atoms with Crippen LogP contribution < -0.4 is 16.0 Å². The molecule has 2 aromatic heterocycles. The maximum Gasteiger partial charge on any atom is 0.319 e. The van der Waals surface area contributed by atoms with E-state index in [-0.39, 0.29) is 11.9 Å². The van der Waals surface area contributed by atoms with Gasteiger partial charge < -0.3 is 20.9 Å². The standard InChI is InChI=1S/C25H22ClN9O2/c26-17-9-10-21(35-15-29-33-34-35)16(13-17)8-11-23(36)31-18-5-4-6-19-24(18)20-14-28-22(30-20)7-2-1-3-12-27-25(37)32-19/h1,3-6,8-11,13-15H,2,7,12H2,(H,28,30)(H,31,36)(H2,27,32,37). The van der Waals surface area contributed by atoms with Gasteiger partial charge in [-0.1, -0.05) is 29.8 Å². The highest BCUT2D eigenvalue weighted by atomic mass is 35.5. The lowest BCUT2D eigenvalue weighted by molar-refractivity contribution is -0.111.